The first-order valence-corrected chi connectivity index (χ1v) is 5.64. The summed E-state index contributed by atoms with van der Waals surface area (Å²) in [5.41, 5.74) is 5.54. The standard InChI is InChI=1S/C11H18N4/c12-5-1-3-10-4-2-8-15(10)11-9-13-6-7-14-11/h6-7,9-10H,1-5,8,12H2. The van der Waals surface area contributed by atoms with E-state index in [0.29, 0.717) is 6.04 Å². The number of nitrogens with two attached hydrogens (primary N) is 1. The summed E-state index contributed by atoms with van der Waals surface area (Å²) in [6.07, 6.45) is 10.1. The van der Waals surface area contributed by atoms with Crippen molar-refractivity contribution in [3.05, 3.63) is 18.6 Å². The van der Waals surface area contributed by atoms with Gasteiger partial charge in [-0.2, -0.15) is 0 Å². The van der Waals surface area contributed by atoms with Crippen LogP contribution in [-0.4, -0.2) is 29.1 Å². The Morgan fingerprint density at radius 1 is 1.47 bits per heavy atom. The van der Waals surface area contributed by atoms with Crippen LogP contribution in [0.5, 0.6) is 0 Å². The van der Waals surface area contributed by atoms with Gasteiger partial charge in [-0.3, -0.25) is 4.98 Å². The number of hydrogen-bond donors (Lipinski definition) is 1. The molecule has 1 aliphatic heterocycles. The van der Waals surface area contributed by atoms with Gasteiger partial charge in [0.2, 0.25) is 0 Å². The SMILES string of the molecule is NCCCC1CCCN1c1cnccn1. The number of aromatic nitrogens is 2. The predicted octanol–water partition coefficient (Wildman–Crippen LogP) is 1.18. The van der Waals surface area contributed by atoms with E-state index in [1.165, 1.54) is 19.3 Å². The average molecular weight is 206 g/mol. The van der Waals surface area contributed by atoms with Gasteiger partial charge in [-0.25, -0.2) is 4.98 Å². The van der Waals surface area contributed by atoms with Crippen molar-refractivity contribution in [3.8, 4) is 0 Å². The second kappa shape index (κ2) is 5.07. The van der Waals surface area contributed by atoms with Gasteiger partial charge in [-0.1, -0.05) is 0 Å². The van der Waals surface area contributed by atoms with E-state index in [9.17, 15) is 0 Å². The second-order valence-electron chi connectivity index (χ2n) is 3.98. The van der Waals surface area contributed by atoms with E-state index in [-0.39, 0.29) is 0 Å². The number of hydrogen-bond acceptors (Lipinski definition) is 4. The molecule has 0 radical (unpaired) electrons. The smallest absolute Gasteiger partial charge is 0.147 e. The molecule has 2 rings (SSSR count). The van der Waals surface area contributed by atoms with Crippen LogP contribution in [0.4, 0.5) is 5.82 Å². The Labute approximate surface area is 90.5 Å². The summed E-state index contributed by atoms with van der Waals surface area (Å²) in [4.78, 5) is 10.8. The Hall–Kier alpha value is -1.16. The molecule has 1 aromatic heterocycles. The Kier molecular flexibility index (Phi) is 3.50. The zero-order chi connectivity index (χ0) is 10.5. The molecule has 2 heterocycles. The maximum atomic E-state index is 5.54. The summed E-state index contributed by atoms with van der Waals surface area (Å²) in [6.45, 7) is 1.89. The summed E-state index contributed by atoms with van der Waals surface area (Å²) in [5, 5.41) is 0. The van der Waals surface area contributed by atoms with E-state index in [2.05, 4.69) is 14.9 Å². The van der Waals surface area contributed by atoms with E-state index in [4.69, 9.17) is 5.73 Å². The summed E-state index contributed by atoms with van der Waals surface area (Å²) in [6, 6.07) is 0.616. The molecule has 0 aromatic carbocycles. The summed E-state index contributed by atoms with van der Waals surface area (Å²) in [5.74, 6) is 1.01. The quantitative estimate of drug-likeness (QED) is 0.804. The van der Waals surface area contributed by atoms with Crippen molar-refractivity contribution in [2.45, 2.75) is 31.7 Å². The molecule has 0 bridgehead atoms. The zero-order valence-corrected chi connectivity index (χ0v) is 8.97. The Bertz CT molecular complexity index is 288. The normalized spacial score (nSPS) is 20.9. The summed E-state index contributed by atoms with van der Waals surface area (Å²) >= 11 is 0. The van der Waals surface area contributed by atoms with Gasteiger partial charge in [0.05, 0.1) is 6.20 Å². The minimum atomic E-state index is 0.616. The lowest BCUT2D eigenvalue weighted by Crippen LogP contribution is -2.30. The Balaban J connectivity index is 2.01. The lowest BCUT2D eigenvalue weighted by molar-refractivity contribution is 0.581. The molecule has 1 atom stereocenters. The first kappa shape index (κ1) is 10.4. The van der Waals surface area contributed by atoms with Crippen LogP contribution in [0.1, 0.15) is 25.7 Å². The van der Waals surface area contributed by atoms with Crippen molar-refractivity contribution in [1.82, 2.24) is 9.97 Å². The van der Waals surface area contributed by atoms with E-state index >= 15 is 0 Å². The van der Waals surface area contributed by atoms with Gasteiger partial charge in [0, 0.05) is 25.0 Å². The van der Waals surface area contributed by atoms with Crippen LogP contribution in [0.25, 0.3) is 0 Å². The zero-order valence-electron chi connectivity index (χ0n) is 8.97. The molecule has 1 saturated heterocycles. The van der Waals surface area contributed by atoms with Gasteiger partial charge in [0.25, 0.3) is 0 Å². The van der Waals surface area contributed by atoms with Gasteiger partial charge in [-0.15, -0.1) is 0 Å². The number of nitrogens with zero attached hydrogens (tertiary/aromatic N) is 3. The Morgan fingerprint density at radius 3 is 3.13 bits per heavy atom. The Morgan fingerprint density at radius 2 is 2.40 bits per heavy atom. The number of anilines is 1. The maximum Gasteiger partial charge on any atom is 0.147 e. The molecule has 1 unspecified atom stereocenters. The van der Waals surface area contributed by atoms with Crippen LogP contribution in [-0.2, 0) is 0 Å². The number of rotatable bonds is 4. The van der Waals surface area contributed by atoms with Crippen LogP contribution >= 0.6 is 0 Å². The molecule has 4 heteroatoms. The third-order valence-electron chi connectivity index (χ3n) is 2.96. The van der Waals surface area contributed by atoms with Gasteiger partial charge in [-0.05, 0) is 32.2 Å². The topological polar surface area (TPSA) is 55.0 Å². The maximum absolute atomic E-state index is 5.54. The molecule has 1 fully saturated rings. The van der Waals surface area contributed by atoms with Crippen LogP contribution < -0.4 is 10.6 Å². The van der Waals surface area contributed by atoms with Gasteiger partial charge in [0.15, 0.2) is 0 Å². The van der Waals surface area contributed by atoms with Gasteiger partial charge >= 0.3 is 0 Å². The van der Waals surface area contributed by atoms with Crippen molar-refractivity contribution in [2.75, 3.05) is 18.0 Å². The molecule has 1 aliphatic rings. The first-order valence-electron chi connectivity index (χ1n) is 5.64. The molecule has 2 N–H and O–H groups in total. The predicted molar refractivity (Wildman–Crippen MR) is 60.7 cm³/mol. The van der Waals surface area contributed by atoms with Crippen molar-refractivity contribution < 1.29 is 0 Å². The lowest BCUT2D eigenvalue weighted by atomic mass is 10.1. The highest BCUT2D eigenvalue weighted by molar-refractivity contribution is 5.38. The fourth-order valence-electron chi connectivity index (χ4n) is 2.23. The van der Waals surface area contributed by atoms with Crippen LogP contribution in [0.15, 0.2) is 18.6 Å². The van der Waals surface area contributed by atoms with Crippen molar-refractivity contribution in [1.29, 1.82) is 0 Å². The largest absolute Gasteiger partial charge is 0.352 e. The molecule has 0 amide bonds. The van der Waals surface area contributed by atoms with E-state index in [0.717, 1.165) is 25.3 Å². The van der Waals surface area contributed by atoms with Gasteiger partial charge < -0.3 is 10.6 Å². The van der Waals surface area contributed by atoms with Crippen LogP contribution in [0.2, 0.25) is 0 Å². The monoisotopic (exact) mass is 206 g/mol. The fraction of sp³-hybridized carbons (Fsp3) is 0.636. The first-order chi connectivity index (χ1) is 7.42. The highest BCUT2D eigenvalue weighted by atomic mass is 15.2. The molecule has 0 spiro atoms. The molecule has 82 valence electrons. The third kappa shape index (κ3) is 2.45. The summed E-state index contributed by atoms with van der Waals surface area (Å²) in [7, 11) is 0. The van der Waals surface area contributed by atoms with Crippen molar-refractivity contribution in [3.63, 3.8) is 0 Å². The fourth-order valence-corrected chi connectivity index (χ4v) is 2.23. The summed E-state index contributed by atoms with van der Waals surface area (Å²) < 4.78 is 0. The second-order valence-corrected chi connectivity index (χ2v) is 3.98. The minimum Gasteiger partial charge on any atom is -0.352 e. The van der Waals surface area contributed by atoms with Crippen molar-refractivity contribution in [2.24, 2.45) is 5.73 Å². The highest BCUT2D eigenvalue weighted by Crippen LogP contribution is 2.25. The lowest BCUT2D eigenvalue weighted by Gasteiger charge is -2.25. The molecule has 1 aromatic rings. The van der Waals surface area contributed by atoms with E-state index < -0.39 is 0 Å². The van der Waals surface area contributed by atoms with E-state index in [1.807, 2.05) is 6.20 Å². The molecular formula is C11H18N4. The molecular weight excluding hydrogens is 188 g/mol. The van der Waals surface area contributed by atoms with Gasteiger partial charge in [0.1, 0.15) is 5.82 Å². The highest BCUT2D eigenvalue weighted by Gasteiger charge is 2.24. The minimum absolute atomic E-state index is 0.616. The van der Waals surface area contributed by atoms with Crippen molar-refractivity contribution >= 4 is 5.82 Å². The molecule has 0 saturated carbocycles. The molecule has 0 aliphatic carbocycles. The van der Waals surface area contributed by atoms with Crippen LogP contribution in [0, 0.1) is 0 Å². The molecule has 15 heavy (non-hydrogen) atoms. The third-order valence-corrected chi connectivity index (χ3v) is 2.96. The average Bonchev–Trinajstić information content (AvgIpc) is 2.75. The molecule has 4 nitrogen and oxygen atoms in total. The van der Waals surface area contributed by atoms with Crippen LogP contribution in [0.3, 0.4) is 0 Å². The van der Waals surface area contributed by atoms with E-state index in [1.54, 1.807) is 12.4 Å².